The van der Waals surface area contributed by atoms with Crippen LogP contribution in [0.15, 0.2) is 42.6 Å². The van der Waals surface area contributed by atoms with Crippen LogP contribution in [0.5, 0.6) is 0 Å². The van der Waals surface area contributed by atoms with E-state index in [1.54, 1.807) is 0 Å². The van der Waals surface area contributed by atoms with E-state index in [1.165, 1.54) is 0 Å². The van der Waals surface area contributed by atoms with Crippen molar-refractivity contribution in [2.45, 2.75) is 18.9 Å². The predicted molar refractivity (Wildman–Crippen MR) is 119 cm³/mol. The summed E-state index contributed by atoms with van der Waals surface area (Å²) < 4.78 is 7.29. The summed E-state index contributed by atoms with van der Waals surface area (Å²) in [6.45, 7) is 4.90. The summed E-state index contributed by atoms with van der Waals surface area (Å²) in [6, 6.07) is 12.1. The van der Waals surface area contributed by atoms with Crippen molar-refractivity contribution in [3.63, 3.8) is 0 Å². The molecule has 1 aromatic carbocycles. The van der Waals surface area contributed by atoms with E-state index in [1.807, 2.05) is 52.0 Å². The highest BCUT2D eigenvalue weighted by molar-refractivity contribution is 5.95. The molecule has 2 saturated heterocycles. The molecular formula is C23H28N6O2. The number of rotatable bonds is 4. The number of nitrogens with one attached hydrogen (secondary N) is 1. The molecule has 0 unspecified atom stereocenters. The summed E-state index contributed by atoms with van der Waals surface area (Å²) in [4.78, 5) is 21.7. The van der Waals surface area contributed by atoms with Crippen molar-refractivity contribution in [2.24, 2.45) is 0 Å². The van der Waals surface area contributed by atoms with Crippen LogP contribution in [0.3, 0.4) is 0 Å². The fourth-order valence-corrected chi connectivity index (χ4v) is 4.20. The SMILES string of the molecule is CN1CCN(C(=O)c2cccc(-c3cnc4ccc(NC5CCOCC5)nn34)c2)CC1. The Morgan fingerprint density at radius 2 is 1.90 bits per heavy atom. The average Bonchev–Trinajstić information content (AvgIpc) is 3.23. The van der Waals surface area contributed by atoms with Crippen LogP contribution in [0.25, 0.3) is 16.9 Å². The lowest BCUT2D eigenvalue weighted by atomic mass is 10.1. The first kappa shape index (κ1) is 20.0. The smallest absolute Gasteiger partial charge is 0.253 e. The van der Waals surface area contributed by atoms with Crippen molar-refractivity contribution in [3.8, 4) is 11.3 Å². The number of carbonyl (C=O) groups excluding carboxylic acids is 1. The molecule has 1 N–H and O–H groups in total. The number of likely N-dealkylation sites (N-methyl/N-ethyl adjacent to an activating group) is 1. The van der Waals surface area contributed by atoms with Gasteiger partial charge in [-0.05, 0) is 44.2 Å². The Hall–Kier alpha value is -2.97. The zero-order valence-electron chi connectivity index (χ0n) is 17.8. The highest BCUT2D eigenvalue weighted by Crippen LogP contribution is 2.23. The lowest BCUT2D eigenvalue weighted by Crippen LogP contribution is -2.47. The number of benzene rings is 1. The standard InChI is InChI=1S/C23H28N6O2/c1-27-9-11-28(12-10-27)23(30)18-4-2-3-17(15-18)20-16-24-22-6-5-21(26-29(20)22)25-19-7-13-31-14-8-19/h2-6,15-16,19H,7-14H2,1H3,(H,25,26). The first-order chi connectivity index (χ1) is 15.2. The lowest BCUT2D eigenvalue weighted by molar-refractivity contribution is 0.0664. The highest BCUT2D eigenvalue weighted by Gasteiger charge is 2.21. The van der Waals surface area contributed by atoms with Gasteiger partial charge in [0.25, 0.3) is 5.91 Å². The fourth-order valence-electron chi connectivity index (χ4n) is 4.20. The molecule has 0 atom stereocenters. The monoisotopic (exact) mass is 420 g/mol. The third kappa shape index (κ3) is 4.26. The van der Waals surface area contributed by atoms with Gasteiger partial charge in [-0.1, -0.05) is 12.1 Å². The van der Waals surface area contributed by atoms with Gasteiger partial charge in [-0.15, -0.1) is 5.10 Å². The fraction of sp³-hybridized carbons (Fsp3) is 0.435. The van der Waals surface area contributed by atoms with Crippen LogP contribution >= 0.6 is 0 Å². The molecule has 0 spiro atoms. The Bertz CT molecular complexity index is 1070. The van der Waals surface area contributed by atoms with Crippen molar-refractivity contribution in [1.82, 2.24) is 24.4 Å². The van der Waals surface area contributed by atoms with E-state index in [-0.39, 0.29) is 5.91 Å². The van der Waals surface area contributed by atoms with E-state index >= 15 is 0 Å². The molecule has 0 radical (unpaired) electrons. The minimum Gasteiger partial charge on any atom is -0.381 e. The number of hydrogen-bond acceptors (Lipinski definition) is 6. The molecule has 4 heterocycles. The predicted octanol–water partition coefficient (Wildman–Crippen LogP) is 2.37. The summed E-state index contributed by atoms with van der Waals surface area (Å²) in [7, 11) is 2.09. The van der Waals surface area contributed by atoms with Crippen LogP contribution in [-0.2, 0) is 4.74 Å². The molecule has 5 rings (SSSR count). The Morgan fingerprint density at radius 3 is 2.71 bits per heavy atom. The van der Waals surface area contributed by atoms with Gasteiger partial charge in [-0.2, -0.15) is 0 Å². The molecule has 8 nitrogen and oxygen atoms in total. The van der Waals surface area contributed by atoms with Gasteiger partial charge in [0.05, 0.1) is 11.9 Å². The molecule has 162 valence electrons. The molecule has 1 amide bonds. The average molecular weight is 421 g/mol. The van der Waals surface area contributed by atoms with Crippen LogP contribution in [-0.4, -0.2) is 82.8 Å². The second kappa shape index (κ2) is 8.64. The van der Waals surface area contributed by atoms with Gasteiger partial charge >= 0.3 is 0 Å². The number of piperazine rings is 1. The Morgan fingerprint density at radius 1 is 1.10 bits per heavy atom. The maximum absolute atomic E-state index is 13.0. The largest absolute Gasteiger partial charge is 0.381 e. The summed E-state index contributed by atoms with van der Waals surface area (Å²) in [5, 5.41) is 8.29. The molecule has 3 aromatic rings. The van der Waals surface area contributed by atoms with Crippen LogP contribution in [0.4, 0.5) is 5.82 Å². The maximum Gasteiger partial charge on any atom is 0.253 e. The van der Waals surface area contributed by atoms with Gasteiger partial charge in [-0.25, -0.2) is 9.50 Å². The molecule has 2 fully saturated rings. The molecule has 2 aliphatic heterocycles. The second-order valence-corrected chi connectivity index (χ2v) is 8.34. The number of imidazole rings is 1. The van der Waals surface area contributed by atoms with E-state index in [0.29, 0.717) is 11.6 Å². The van der Waals surface area contributed by atoms with Crippen LogP contribution in [0.1, 0.15) is 23.2 Å². The molecule has 0 aliphatic carbocycles. The highest BCUT2D eigenvalue weighted by atomic mass is 16.5. The van der Waals surface area contributed by atoms with E-state index in [2.05, 4.69) is 22.2 Å². The number of anilines is 1. The number of hydrogen-bond donors (Lipinski definition) is 1. The van der Waals surface area contributed by atoms with Gasteiger partial charge < -0.3 is 19.9 Å². The van der Waals surface area contributed by atoms with Crippen LogP contribution < -0.4 is 5.32 Å². The number of aromatic nitrogens is 3. The molecule has 31 heavy (non-hydrogen) atoms. The third-order valence-corrected chi connectivity index (χ3v) is 6.13. The Balaban J connectivity index is 1.40. The molecule has 2 aromatic heterocycles. The number of ether oxygens (including phenoxy) is 1. The summed E-state index contributed by atoms with van der Waals surface area (Å²) in [5.41, 5.74) is 3.29. The molecule has 2 aliphatic rings. The van der Waals surface area contributed by atoms with E-state index in [9.17, 15) is 4.79 Å². The van der Waals surface area contributed by atoms with Crippen LogP contribution in [0, 0.1) is 0 Å². The Kier molecular flexibility index (Phi) is 5.57. The summed E-state index contributed by atoms with van der Waals surface area (Å²) >= 11 is 0. The minimum atomic E-state index is 0.0820. The summed E-state index contributed by atoms with van der Waals surface area (Å²) in [6.07, 6.45) is 3.78. The van der Waals surface area contributed by atoms with Gasteiger partial charge in [0.1, 0.15) is 5.82 Å². The Labute approximate surface area is 181 Å². The van der Waals surface area contributed by atoms with E-state index in [0.717, 1.165) is 75.0 Å². The number of carbonyl (C=O) groups is 1. The van der Waals surface area contributed by atoms with Crippen molar-refractivity contribution in [2.75, 3.05) is 51.8 Å². The third-order valence-electron chi connectivity index (χ3n) is 6.13. The summed E-state index contributed by atoms with van der Waals surface area (Å²) in [5.74, 6) is 0.905. The van der Waals surface area contributed by atoms with Crippen LogP contribution in [0.2, 0.25) is 0 Å². The zero-order chi connectivity index (χ0) is 21.2. The van der Waals surface area contributed by atoms with Crippen molar-refractivity contribution < 1.29 is 9.53 Å². The lowest BCUT2D eigenvalue weighted by Gasteiger charge is -2.32. The topological polar surface area (TPSA) is 75.0 Å². The van der Waals surface area contributed by atoms with Crippen molar-refractivity contribution in [3.05, 3.63) is 48.2 Å². The molecule has 8 heteroatoms. The molecule has 0 bridgehead atoms. The quantitative estimate of drug-likeness (QED) is 0.699. The number of amides is 1. The van der Waals surface area contributed by atoms with Gasteiger partial charge in [0, 0.05) is 56.6 Å². The van der Waals surface area contributed by atoms with Gasteiger partial charge in [0.15, 0.2) is 5.65 Å². The first-order valence-electron chi connectivity index (χ1n) is 10.9. The van der Waals surface area contributed by atoms with Gasteiger partial charge in [0.2, 0.25) is 0 Å². The first-order valence-corrected chi connectivity index (χ1v) is 10.9. The number of nitrogens with zero attached hydrogens (tertiary/aromatic N) is 5. The van der Waals surface area contributed by atoms with Gasteiger partial charge in [-0.3, -0.25) is 4.79 Å². The van der Waals surface area contributed by atoms with Crippen molar-refractivity contribution in [1.29, 1.82) is 0 Å². The molecular weight excluding hydrogens is 392 g/mol. The molecule has 0 saturated carbocycles. The second-order valence-electron chi connectivity index (χ2n) is 8.34. The maximum atomic E-state index is 13.0. The minimum absolute atomic E-state index is 0.0820. The zero-order valence-corrected chi connectivity index (χ0v) is 17.8. The normalized spacial score (nSPS) is 18.4. The number of fused-ring (bicyclic) bond motifs is 1. The van der Waals surface area contributed by atoms with E-state index in [4.69, 9.17) is 9.84 Å². The van der Waals surface area contributed by atoms with E-state index < -0.39 is 0 Å². The van der Waals surface area contributed by atoms with Crippen molar-refractivity contribution >= 4 is 17.4 Å².